The zero-order valence-corrected chi connectivity index (χ0v) is 16.7. The van der Waals surface area contributed by atoms with E-state index >= 15 is 0 Å². The minimum absolute atomic E-state index is 0.170. The summed E-state index contributed by atoms with van der Waals surface area (Å²) in [4.78, 5) is 4.49. The minimum atomic E-state index is -0.170. The highest BCUT2D eigenvalue weighted by molar-refractivity contribution is 5.65. The molecule has 2 N–H and O–H groups in total. The van der Waals surface area contributed by atoms with Crippen molar-refractivity contribution in [2.45, 2.75) is 59.3 Å². The van der Waals surface area contributed by atoms with Crippen LogP contribution in [0.15, 0.2) is 30.5 Å². The number of aryl methyl sites for hydroxylation is 1. The summed E-state index contributed by atoms with van der Waals surface area (Å²) in [5.74, 6) is 1.23. The predicted molar refractivity (Wildman–Crippen MR) is 107 cm³/mol. The van der Waals surface area contributed by atoms with Gasteiger partial charge in [0.2, 0.25) is 0 Å². The number of hydrogen-bond donors (Lipinski definition) is 2. The number of nitrogens with zero attached hydrogens (tertiary/aromatic N) is 3. The van der Waals surface area contributed by atoms with Crippen LogP contribution >= 0.6 is 0 Å². The molecular weight excluding hydrogens is 324 g/mol. The summed E-state index contributed by atoms with van der Waals surface area (Å²) in [6, 6.07) is 7.90. The molecule has 5 nitrogen and oxygen atoms in total. The van der Waals surface area contributed by atoms with E-state index in [1.54, 1.807) is 10.7 Å². The fraction of sp³-hybridized carbons (Fsp3) is 0.429. The lowest BCUT2D eigenvalue weighted by Crippen LogP contribution is -2.18. The van der Waals surface area contributed by atoms with E-state index in [1.165, 1.54) is 0 Å². The van der Waals surface area contributed by atoms with Crippen LogP contribution in [-0.4, -0.2) is 19.7 Å². The second-order valence-electron chi connectivity index (χ2n) is 8.93. The first kappa shape index (κ1) is 18.2. The molecular formula is C21H28N4O. The third kappa shape index (κ3) is 3.39. The predicted octanol–water partition coefficient (Wildman–Crippen LogP) is 5.08. The summed E-state index contributed by atoms with van der Waals surface area (Å²) in [5, 5.41) is 18.7. The SMILES string of the molecule is Cc1cc(Nc2cc(C(C)(C)C)c(O)c(C(C)(C)C)c2)n2nccc2n1. The molecule has 0 fully saturated rings. The van der Waals surface area contributed by atoms with E-state index in [4.69, 9.17) is 0 Å². The van der Waals surface area contributed by atoms with Crippen molar-refractivity contribution in [3.8, 4) is 5.75 Å². The number of phenols is 1. The standard InChI is InChI=1S/C21H28N4O/c1-13-10-18(25-17(23-13)8-9-22-25)24-14-11-15(20(2,3)4)19(26)16(12-14)21(5,6)7/h8-12,24,26H,1-7H3. The van der Waals surface area contributed by atoms with E-state index in [-0.39, 0.29) is 10.8 Å². The molecule has 0 aliphatic carbocycles. The lowest BCUT2D eigenvalue weighted by Gasteiger charge is -2.28. The van der Waals surface area contributed by atoms with Crippen LogP contribution in [0.2, 0.25) is 0 Å². The summed E-state index contributed by atoms with van der Waals surface area (Å²) in [5.41, 5.74) is 4.17. The molecule has 0 aliphatic rings. The second-order valence-corrected chi connectivity index (χ2v) is 8.93. The number of nitrogens with one attached hydrogen (secondary N) is 1. The topological polar surface area (TPSA) is 62.5 Å². The highest BCUT2D eigenvalue weighted by Crippen LogP contribution is 2.41. The van der Waals surface area contributed by atoms with Crippen LogP contribution in [0.4, 0.5) is 11.5 Å². The Kier molecular flexibility index (Phi) is 4.21. The number of rotatable bonds is 2. The van der Waals surface area contributed by atoms with Crippen LogP contribution in [0.25, 0.3) is 5.65 Å². The van der Waals surface area contributed by atoms with E-state index in [0.29, 0.717) is 5.75 Å². The Morgan fingerprint density at radius 2 is 1.54 bits per heavy atom. The fourth-order valence-corrected chi connectivity index (χ4v) is 3.13. The number of hydrogen-bond acceptors (Lipinski definition) is 4. The third-order valence-electron chi connectivity index (χ3n) is 4.49. The Labute approximate surface area is 155 Å². The normalized spacial score (nSPS) is 12.6. The Morgan fingerprint density at radius 1 is 0.962 bits per heavy atom. The van der Waals surface area contributed by atoms with Crippen LogP contribution in [-0.2, 0) is 10.8 Å². The maximum Gasteiger partial charge on any atom is 0.157 e. The van der Waals surface area contributed by atoms with Crippen molar-refractivity contribution in [3.63, 3.8) is 0 Å². The van der Waals surface area contributed by atoms with Crippen molar-refractivity contribution < 1.29 is 5.11 Å². The van der Waals surface area contributed by atoms with E-state index in [2.05, 4.69) is 56.9 Å². The van der Waals surface area contributed by atoms with Gasteiger partial charge in [0.1, 0.15) is 11.6 Å². The van der Waals surface area contributed by atoms with Crippen LogP contribution in [0, 0.1) is 6.92 Å². The summed E-state index contributed by atoms with van der Waals surface area (Å²) in [7, 11) is 0. The van der Waals surface area contributed by atoms with Gasteiger partial charge in [-0.3, -0.25) is 0 Å². The molecule has 2 heterocycles. The third-order valence-corrected chi connectivity index (χ3v) is 4.49. The number of aromatic hydroxyl groups is 1. The number of aromatic nitrogens is 3. The van der Waals surface area contributed by atoms with Crippen LogP contribution in [0.3, 0.4) is 0 Å². The number of benzene rings is 1. The molecule has 3 rings (SSSR count). The fourth-order valence-electron chi connectivity index (χ4n) is 3.13. The molecule has 1 aromatic carbocycles. The Balaban J connectivity index is 2.17. The molecule has 26 heavy (non-hydrogen) atoms. The van der Waals surface area contributed by atoms with Crippen molar-refractivity contribution >= 4 is 17.2 Å². The summed E-state index contributed by atoms with van der Waals surface area (Å²) in [6.45, 7) is 14.6. The Hall–Kier alpha value is -2.56. The first-order valence-corrected chi connectivity index (χ1v) is 8.93. The van der Waals surface area contributed by atoms with E-state index in [0.717, 1.165) is 34.0 Å². The highest BCUT2D eigenvalue weighted by atomic mass is 16.3. The molecule has 0 atom stereocenters. The van der Waals surface area contributed by atoms with Gasteiger partial charge in [-0.1, -0.05) is 41.5 Å². The summed E-state index contributed by atoms with van der Waals surface area (Å²) >= 11 is 0. The second kappa shape index (κ2) is 6.01. The molecule has 2 aromatic heterocycles. The Bertz CT molecular complexity index is 923. The number of fused-ring (bicyclic) bond motifs is 1. The van der Waals surface area contributed by atoms with Gasteiger partial charge in [0.25, 0.3) is 0 Å². The zero-order valence-electron chi connectivity index (χ0n) is 16.7. The van der Waals surface area contributed by atoms with Gasteiger partial charge in [-0.15, -0.1) is 0 Å². The van der Waals surface area contributed by atoms with E-state index < -0.39 is 0 Å². The van der Waals surface area contributed by atoms with Gasteiger partial charge in [0.05, 0.1) is 6.20 Å². The molecule has 138 valence electrons. The van der Waals surface area contributed by atoms with Gasteiger partial charge < -0.3 is 10.4 Å². The van der Waals surface area contributed by atoms with Crippen molar-refractivity contribution in [2.24, 2.45) is 0 Å². The molecule has 0 radical (unpaired) electrons. The van der Waals surface area contributed by atoms with Crippen LogP contribution < -0.4 is 5.32 Å². The van der Waals surface area contributed by atoms with E-state index in [1.807, 2.05) is 31.2 Å². The van der Waals surface area contributed by atoms with Gasteiger partial charge >= 0.3 is 0 Å². The molecule has 0 saturated heterocycles. The van der Waals surface area contributed by atoms with Gasteiger partial charge in [-0.05, 0) is 29.9 Å². The average Bonchev–Trinajstić information content (AvgIpc) is 2.94. The maximum atomic E-state index is 10.9. The minimum Gasteiger partial charge on any atom is -0.507 e. The van der Waals surface area contributed by atoms with Gasteiger partial charge in [0.15, 0.2) is 5.65 Å². The first-order chi connectivity index (χ1) is 12.0. The number of phenolic OH excluding ortho intramolecular Hbond substituents is 1. The molecule has 0 spiro atoms. The van der Waals surface area contributed by atoms with Gasteiger partial charge in [-0.2, -0.15) is 9.61 Å². The molecule has 0 amide bonds. The first-order valence-electron chi connectivity index (χ1n) is 8.93. The summed E-state index contributed by atoms with van der Waals surface area (Å²) in [6.07, 6.45) is 1.74. The molecule has 0 bridgehead atoms. The lowest BCUT2D eigenvalue weighted by molar-refractivity contribution is 0.423. The molecule has 0 unspecified atom stereocenters. The van der Waals surface area contributed by atoms with Crippen molar-refractivity contribution in [1.29, 1.82) is 0 Å². The molecule has 3 aromatic rings. The molecule has 5 heteroatoms. The van der Waals surface area contributed by atoms with E-state index in [9.17, 15) is 5.11 Å². The Morgan fingerprint density at radius 3 is 2.08 bits per heavy atom. The zero-order chi connectivity index (χ0) is 19.3. The van der Waals surface area contributed by atoms with Crippen molar-refractivity contribution in [3.05, 3.63) is 47.3 Å². The monoisotopic (exact) mass is 352 g/mol. The molecule has 0 aliphatic heterocycles. The van der Waals surface area contributed by atoms with Gasteiger partial charge in [0, 0.05) is 34.6 Å². The molecule has 0 saturated carbocycles. The average molecular weight is 352 g/mol. The lowest BCUT2D eigenvalue weighted by atomic mass is 9.79. The van der Waals surface area contributed by atoms with Crippen LogP contribution in [0.1, 0.15) is 58.4 Å². The van der Waals surface area contributed by atoms with Crippen molar-refractivity contribution in [1.82, 2.24) is 14.6 Å². The smallest absolute Gasteiger partial charge is 0.157 e. The quantitative estimate of drug-likeness (QED) is 0.631. The van der Waals surface area contributed by atoms with Crippen molar-refractivity contribution in [2.75, 3.05) is 5.32 Å². The number of anilines is 2. The van der Waals surface area contributed by atoms with Crippen LogP contribution in [0.5, 0.6) is 5.75 Å². The van der Waals surface area contributed by atoms with Gasteiger partial charge in [-0.25, -0.2) is 4.98 Å². The maximum absolute atomic E-state index is 10.9. The highest BCUT2D eigenvalue weighted by Gasteiger charge is 2.26. The summed E-state index contributed by atoms with van der Waals surface area (Å²) < 4.78 is 1.79. The largest absolute Gasteiger partial charge is 0.507 e.